The fourth-order valence-electron chi connectivity index (χ4n) is 3.69. The Balaban J connectivity index is 1.46. The number of phenolic OH excluding ortho intramolecular Hbond substituents is 1. The molecule has 1 aromatic heterocycles. The first kappa shape index (κ1) is 18.9. The topological polar surface area (TPSA) is 69.5 Å². The van der Waals surface area contributed by atoms with Crippen molar-refractivity contribution < 1.29 is 10.2 Å². The van der Waals surface area contributed by atoms with Crippen molar-refractivity contribution in [3.05, 3.63) is 77.2 Å². The molecule has 2 aromatic carbocycles. The van der Waals surface area contributed by atoms with E-state index in [1.165, 1.54) is 0 Å². The van der Waals surface area contributed by atoms with Crippen LogP contribution in [0.15, 0.2) is 61.1 Å². The van der Waals surface area contributed by atoms with E-state index in [0.717, 1.165) is 35.5 Å². The van der Waals surface area contributed by atoms with E-state index in [0.29, 0.717) is 24.4 Å². The van der Waals surface area contributed by atoms with Crippen molar-refractivity contribution in [2.24, 2.45) is 0 Å². The molecule has 6 heteroatoms. The molecule has 0 atom stereocenters. The van der Waals surface area contributed by atoms with Crippen molar-refractivity contribution in [2.45, 2.75) is 25.0 Å². The van der Waals surface area contributed by atoms with Gasteiger partial charge in [-0.05, 0) is 48.7 Å². The molecule has 1 fully saturated rings. The Labute approximate surface area is 169 Å². The third-order valence-corrected chi connectivity index (χ3v) is 5.65. The average Bonchev–Trinajstić information content (AvgIpc) is 2.72. The van der Waals surface area contributed by atoms with Crippen LogP contribution in [0, 0.1) is 0 Å². The second-order valence-electron chi connectivity index (χ2n) is 7.25. The molecule has 5 nitrogen and oxygen atoms in total. The zero-order valence-corrected chi connectivity index (χ0v) is 16.2. The van der Waals surface area contributed by atoms with Gasteiger partial charge in [0, 0.05) is 48.2 Å². The van der Waals surface area contributed by atoms with Gasteiger partial charge in [-0.25, -0.2) is 0 Å². The summed E-state index contributed by atoms with van der Waals surface area (Å²) < 4.78 is 0. The summed E-state index contributed by atoms with van der Waals surface area (Å²) in [6.45, 7) is 2.11. The maximum atomic E-state index is 11.0. The molecule has 4 rings (SSSR count). The summed E-state index contributed by atoms with van der Waals surface area (Å²) in [5, 5.41) is 22.0. The van der Waals surface area contributed by atoms with Crippen LogP contribution >= 0.6 is 11.6 Å². The number of piperidine rings is 1. The third kappa shape index (κ3) is 4.02. The lowest BCUT2D eigenvalue weighted by Gasteiger charge is -2.38. The number of nitrogens with zero attached hydrogens (tertiary/aromatic N) is 3. The Morgan fingerprint density at radius 2 is 1.79 bits per heavy atom. The molecule has 144 valence electrons. The van der Waals surface area contributed by atoms with Gasteiger partial charge in [-0.15, -0.1) is 0 Å². The van der Waals surface area contributed by atoms with Crippen molar-refractivity contribution in [2.75, 3.05) is 13.1 Å². The van der Waals surface area contributed by atoms with Gasteiger partial charge in [0.15, 0.2) is 0 Å². The standard InChI is InChI=1S/C22H22ClN3O2/c23-19-4-2-18(3-5-19)22(28)7-11-26(12-8-22)15-17-13-16(1-6-21(17)27)20-14-24-9-10-25-20/h1-6,9-10,13-14,27-28H,7-8,11-12,15H2. The summed E-state index contributed by atoms with van der Waals surface area (Å²) in [6.07, 6.45) is 6.28. The minimum Gasteiger partial charge on any atom is -0.508 e. The number of hydrogen-bond donors (Lipinski definition) is 2. The van der Waals surface area contributed by atoms with Gasteiger partial charge in [-0.2, -0.15) is 0 Å². The molecule has 0 amide bonds. The predicted octanol–water partition coefficient (Wildman–Crippen LogP) is 3.99. The first-order valence-electron chi connectivity index (χ1n) is 9.33. The van der Waals surface area contributed by atoms with Gasteiger partial charge in [-0.1, -0.05) is 23.7 Å². The average molecular weight is 396 g/mol. The monoisotopic (exact) mass is 395 g/mol. The number of rotatable bonds is 4. The minimum absolute atomic E-state index is 0.270. The highest BCUT2D eigenvalue weighted by molar-refractivity contribution is 6.30. The number of phenols is 1. The second-order valence-corrected chi connectivity index (χ2v) is 7.69. The van der Waals surface area contributed by atoms with Crippen LogP contribution in [0.5, 0.6) is 5.75 Å². The van der Waals surface area contributed by atoms with Crippen LogP contribution in [0.2, 0.25) is 5.02 Å². The van der Waals surface area contributed by atoms with E-state index in [4.69, 9.17) is 11.6 Å². The van der Waals surface area contributed by atoms with Crippen LogP contribution in [0.4, 0.5) is 0 Å². The number of aliphatic hydroxyl groups is 1. The Morgan fingerprint density at radius 1 is 1.04 bits per heavy atom. The Bertz CT molecular complexity index is 940. The first-order chi connectivity index (χ1) is 13.5. The third-order valence-electron chi connectivity index (χ3n) is 5.40. The Morgan fingerprint density at radius 3 is 2.46 bits per heavy atom. The summed E-state index contributed by atoms with van der Waals surface area (Å²) in [6, 6.07) is 12.9. The summed E-state index contributed by atoms with van der Waals surface area (Å²) in [4.78, 5) is 10.7. The number of aromatic hydroxyl groups is 1. The zero-order chi connectivity index (χ0) is 19.6. The summed E-state index contributed by atoms with van der Waals surface area (Å²) in [5.74, 6) is 0.270. The molecule has 0 spiro atoms. The van der Waals surface area contributed by atoms with Gasteiger partial charge >= 0.3 is 0 Å². The highest BCUT2D eigenvalue weighted by Gasteiger charge is 2.34. The smallest absolute Gasteiger partial charge is 0.120 e. The molecule has 0 aliphatic carbocycles. The molecule has 1 aliphatic heterocycles. The molecule has 2 N–H and O–H groups in total. The molecule has 0 radical (unpaired) electrons. The van der Waals surface area contributed by atoms with Gasteiger partial charge in [0.1, 0.15) is 5.75 Å². The molecule has 2 heterocycles. The molecular weight excluding hydrogens is 374 g/mol. The van der Waals surface area contributed by atoms with E-state index in [1.54, 1.807) is 24.7 Å². The lowest BCUT2D eigenvalue weighted by molar-refractivity contribution is -0.0278. The van der Waals surface area contributed by atoms with Crippen molar-refractivity contribution in [3.8, 4) is 17.0 Å². The van der Waals surface area contributed by atoms with E-state index >= 15 is 0 Å². The molecule has 0 bridgehead atoms. The van der Waals surface area contributed by atoms with Gasteiger partial charge < -0.3 is 10.2 Å². The summed E-state index contributed by atoms with van der Waals surface area (Å²) in [5.41, 5.74) is 2.63. The van der Waals surface area contributed by atoms with Crippen LogP contribution in [-0.4, -0.2) is 38.2 Å². The normalized spacial score (nSPS) is 16.8. The highest BCUT2D eigenvalue weighted by atomic mass is 35.5. The van der Waals surface area contributed by atoms with Crippen LogP contribution in [0.25, 0.3) is 11.3 Å². The van der Waals surface area contributed by atoms with E-state index < -0.39 is 5.60 Å². The van der Waals surface area contributed by atoms with Crippen molar-refractivity contribution >= 4 is 11.6 Å². The SMILES string of the molecule is Oc1ccc(-c2cnccn2)cc1CN1CCC(O)(c2ccc(Cl)cc2)CC1. The molecule has 0 unspecified atom stereocenters. The number of hydrogen-bond acceptors (Lipinski definition) is 5. The predicted molar refractivity (Wildman–Crippen MR) is 109 cm³/mol. The molecule has 1 aliphatic rings. The van der Waals surface area contributed by atoms with Crippen LogP contribution in [-0.2, 0) is 12.1 Å². The molecule has 0 saturated carbocycles. The zero-order valence-electron chi connectivity index (χ0n) is 15.4. The fourth-order valence-corrected chi connectivity index (χ4v) is 3.82. The van der Waals surface area contributed by atoms with Crippen LogP contribution < -0.4 is 0 Å². The molecule has 3 aromatic rings. The van der Waals surface area contributed by atoms with Crippen LogP contribution in [0.1, 0.15) is 24.0 Å². The van der Waals surface area contributed by atoms with Crippen LogP contribution in [0.3, 0.4) is 0 Å². The lowest BCUT2D eigenvalue weighted by atomic mass is 9.84. The Kier molecular flexibility index (Phi) is 5.31. The van der Waals surface area contributed by atoms with Crippen molar-refractivity contribution in [1.29, 1.82) is 0 Å². The largest absolute Gasteiger partial charge is 0.508 e. The van der Waals surface area contributed by atoms with Gasteiger partial charge in [-0.3, -0.25) is 14.9 Å². The van der Waals surface area contributed by atoms with E-state index in [9.17, 15) is 10.2 Å². The maximum Gasteiger partial charge on any atom is 0.120 e. The number of likely N-dealkylation sites (tertiary alicyclic amines) is 1. The summed E-state index contributed by atoms with van der Waals surface area (Å²) in [7, 11) is 0. The van der Waals surface area contributed by atoms with E-state index in [2.05, 4.69) is 14.9 Å². The van der Waals surface area contributed by atoms with E-state index in [-0.39, 0.29) is 5.75 Å². The summed E-state index contributed by atoms with van der Waals surface area (Å²) >= 11 is 5.96. The highest BCUT2D eigenvalue weighted by Crippen LogP contribution is 2.34. The van der Waals surface area contributed by atoms with E-state index in [1.807, 2.05) is 36.4 Å². The Hall–Kier alpha value is -2.47. The maximum absolute atomic E-state index is 11.0. The number of aromatic nitrogens is 2. The van der Waals surface area contributed by atoms with Gasteiger partial charge in [0.2, 0.25) is 0 Å². The van der Waals surface area contributed by atoms with Crippen molar-refractivity contribution in [1.82, 2.24) is 14.9 Å². The number of benzene rings is 2. The number of halogens is 1. The van der Waals surface area contributed by atoms with Gasteiger partial charge in [0.05, 0.1) is 17.5 Å². The first-order valence-corrected chi connectivity index (χ1v) is 9.70. The second kappa shape index (κ2) is 7.87. The quantitative estimate of drug-likeness (QED) is 0.699. The molecule has 1 saturated heterocycles. The van der Waals surface area contributed by atoms with Crippen molar-refractivity contribution in [3.63, 3.8) is 0 Å². The fraction of sp³-hybridized carbons (Fsp3) is 0.273. The molecular formula is C22H22ClN3O2. The minimum atomic E-state index is -0.829. The molecule has 28 heavy (non-hydrogen) atoms. The lowest BCUT2D eigenvalue weighted by Crippen LogP contribution is -2.42. The van der Waals surface area contributed by atoms with Gasteiger partial charge in [0.25, 0.3) is 0 Å².